The van der Waals surface area contributed by atoms with E-state index in [-0.39, 0.29) is 5.54 Å². The Hall–Kier alpha value is -2.01. The van der Waals surface area contributed by atoms with Crippen LogP contribution in [0.4, 0.5) is 0 Å². The zero-order chi connectivity index (χ0) is 15.5. The number of rotatable bonds is 5. The second-order valence-electron chi connectivity index (χ2n) is 5.82. The summed E-state index contributed by atoms with van der Waals surface area (Å²) in [6, 6.07) is 5.59. The molecule has 5 nitrogen and oxygen atoms in total. The topological polar surface area (TPSA) is 56.5 Å². The number of nitrogens with zero attached hydrogens (tertiary/aromatic N) is 1. The van der Waals surface area contributed by atoms with Gasteiger partial charge < -0.3 is 19.2 Å². The van der Waals surface area contributed by atoms with E-state index in [0.717, 1.165) is 11.3 Å². The van der Waals surface area contributed by atoms with Crippen molar-refractivity contribution in [2.75, 3.05) is 14.2 Å². The molecule has 21 heavy (non-hydrogen) atoms. The van der Waals surface area contributed by atoms with E-state index in [0.29, 0.717) is 23.9 Å². The molecule has 1 aromatic heterocycles. The predicted octanol–water partition coefficient (Wildman–Crippen LogP) is 3.25. The second kappa shape index (κ2) is 6.18. The van der Waals surface area contributed by atoms with Gasteiger partial charge in [-0.15, -0.1) is 0 Å². The van der Waals surface area contributed by atoms with E-state index in [9.17, 15) is 0 Å². The number of oxazole rings is 1. The molecule has 0 spiro atoms. The van der Waals surface area contributed by atoms with E-state index in [4.69, 9.17) is 13.9 Å². The average molecular weight is 290 g/mol. The summed E-state index contributed by atoms with van der Waals surface area (Å²) in [6.07, 6.45) is 1.67. The van der Waals surface area contributed by atoms with E-state index >= 15 is 0 Å². The number of methoxy groups -OCH3 is 2. The number of hydrogen-bond donors (Lipinski definition) is 1. The molecule has 0 bridgehead atoms. The van der Waals surface area contributed by atoms with Gasteiger partial charge in [0, 0.05) is 17.6 Å². The third-order valence-corrected chi connectivity index (χ3v) is 2.98. The minimum atomic E-state index is 0.0441. The molecule has 0 atom stereocenters. The van der Waals surface area contributed by atoms with Gasteiger partial charge in [0.05, 0.1) is 19.9 Å². The summed E-state index contributed by atoms with van der Waals surface area (Å²) in [5, 5.41) is 3.38. The standard InChI is InChI=1S/C16H22N2O3/c1-16(2,3)17-9-12-10-21-15(18-12)11-6-7-13(19-4)14(8-11)20-5/h6-8,10,17H,9H2,1-5H3. The van der Waals surface area contributed by atoms with Crippen LogP contribution < -0.4 is 14.8 Å². The molecule has 0 amide bonds. The third-order valence-electron chi connectivity index (χ3n) is 2.98. The van der Waals surface area contributed by atoms with Gasteiger partial charge in [-0.3, -0.25) is 0 Å². The Morgan fingerprint density at radius 3 is 2.48 bits per heavy atom. The first-order valence-electron chi connectivity index (χ1n) is 6.85. The molecule has 0 fully saturated rings. The van der Waals surface area contributed by atoms with Gasteiger partial charge in [0.1, 0.15) is 6.26 Å². The van der Waals surface area contributed by atoms with Crippen LogP contribution in [0.15, 0.2) is 28.9 Å². The smallest absolute Gasteiger partial charge is 0.226 e. The summed E-state index contributed by atoms with van der Waals surface area (Å²) in [6.45, 7) is 7.01. The molecular weight excluding hydrogens is 268 g/mol. The van der Waals surface area contributed by atoms with Crippen LogP contribution in [0.3, 0.4) is 0 Å². The maximum atomic E-state index is 5.54. The van der Waals surface area contributed by atoms with Crippen molar-refractivity contribution in [2.45, 2.75) is 32.9 Å². The largest absolute Gasteiger partial charge is 0.493 e. The first-order valence-corrected chi connectivity index (χ1v) is 6.85. The van der Waals surface area contributed by atoms with Crippen molar-refractivity contribution in [1.29, 1.82) is 0 Å². The van der Waals surface area contributed by atoms with E-state index in [2.05, 4.69) is 31.1 Å². The van der Waals surface area contributed by atoms with E-state index in [1.807, 2.05) is 18.2 Å². The summed E-state index contributed by atoms with van der Waals surface area (Å²) in [5.74, 6) is 1.91. The molecule has 0 radical (unpaired) electrons. The lowest BCUT2D eigenvalue weighted by molar-refractivity contribution is 0.355. The van der Waals surface area contributed by atoms with Crippen LogP contribution in [0.2, 0.25) is 0 Å². The van der Waals surface area contributed by atoms with Crippen LogP contribution in [-0.4, -0.2) is 24.7 Å². The fourth-order valence-corrected chi connectivity index (χ4v) is 1.85. The van der Waals surface area contributed by atoms with Gasteiger partial charge in [-0.2, -0.15) is 0 Å². The first-order chi connectivity index (χ1) is 9.93. The van der Waals surface area contributed by atoms with Gasteiger partial charge in [0.15, 0.2) is 11.5 Å². The lowest BCUT2D eigenvalue weighted by atomic mass is 10.1. The molecular formula is C16H22N2O3. The number of nitrogens with one attached hydrogen (secondary N) is 1. The molecule has 0 unspecified atom stereocenters. The minimum absolute atomic E-state index is 0.0441. The highest BCUT2D eigenvalue weighted by Crippen LogP contribution is 2.31. The number of ether oxygens (including phenoxy) is 2. The Morgan fingerprint density at radius 2 is 1.86 bits per heavy atom. The molecule has 0 aliphatic heterocycles. The van der Waals surface area contributed by atoms with Gasteiger partial charge in [-0.1, -0.05) is 0 Å². The Bertz CT molecular complexity index is 600. The van der Waals surface area contributed by atoms with Crippen LogP contribution >= 0.6 is 0 Å². The third kappa shape index (κ3) is 3.98. The maximum Gasteiger partial charge on any atom is 0.226 e. The minimum Gasteiger partial charge on any atom is -0.493 e. The zero-order valence-electron chi connectivity index (χ0n) is 13.2. The summed E-state index contributed by atoms with van der Waals surface area (Å²) in [7, 11) is 3.22. The van der Waals surface area contributed by atoms with Gasteiger partial charge in [0.25, 0.3) is 0 Å². The second-order valence-corrected chi connectivity index (χ2v) is 5.82. The van der Waals surface area contributed by atoms with Crippen molar-refractivity contribution in [1.82, 2.24) is 10.3 Å². The predicted molar refractivity (Wildman–Crippen MR) is 81.6 cm³/mol. The monoisotopic (exact) mass is 290 g/mol. The Balaban J connectivity index is 2.17. The molecule has 1 aromatic carbocycles. The fraction of sp³-hybridized carbons (Fsp3) is 0.438. The first kappa shape index (κ1) is 15.4. The van der Waals surface area contributed by atoms with Crippen LogP contribution in [0.25, 0.3) is 11.5 Å². The number of hydrogen-bond acceptors (Lipinski definition) is 5. The van der Waals surface area contributed by atoms with Crippen molar-refractivity contribution in [3.8, 4) is 23.0 Å². The van der Waals surface area contributed by atoms with Crippen molar-refractivity contribution in [3.63, 3.8) is 0 Å². The Labute approximate surface area is 125 Å². The van der Waals surface area contributed by atoms with Crippen LogP contribution in [0.1, 0.15) is 26.5 Å². The molecule has 2 aromatic rings. The molecule has 0 aliphatic rings. The van der Waals surface area contributed by atoms with Crippen LogP contribution in [-0.2, 0) is 6.54 Å². The number of benzene rings is 1. The molecule has 1 heterocycles. The summed E-state index contributed by atoms with van der Waals surface area (Å²) in [4.78, 5) is 4.49. The lowest BCUT2D eigenvalue weighted by Gasteiger charge is -2.19. The molecule has 0 saturated carbocycles. The van der Waals surface area contributed by atoms with E-state index in [1.165, 1.54) is 0 Å². The highest BCUT2D eigenvalue weighted by Gasteiger charge is 2.13. The zero-order valence-corrected chi connectivity index (χ0v) is 13.2. The van der Waals surface area contributed by atoms with Gasteiger partial charge in [0.2, 0.25) is 5.89 Å². The Kier molecular flexibility index (Phi) is 4.53. The normalized spacial score (nSPS) is 11.5. The van der Waals surface area contributed by atoms with E-state index < -0.39 is 0 Å². The highest BCUT2D eigenvalue weighted by molar-refractivity contribution is 5.60. The summed E-state index contributed by atoms with van der Waals surface area (Å²) >= 11 is 0. The molecule has 0 aliphatic carbocycles. The maximum absolute atomic E-state index is 5.54. The SMILES string of the molecule is COc1ccc(-c2nc(CNC(C)(C)C)co2)cc1OC. The summed E-state index contributed by atoms with van der Waals surface area (Å²) in [5.41, 5.74) is 1.77. The molecule has 1 N–H and O–H groups in total. The molecule has 2 rings (SSSR count). The van der Waals surface area contributed by atoms with Crippen molar-refractivity contribution < 1.29 is 13.9 Å². The van der Waals surface area contributed by atoms with Gasteiger partial charge >= 0.3 is 0 Å². The molecule has 5 heteroatoms. The van der Waals surface area contributed by atoms with Crippen molar-refractivity contribution >= 4 is 0 Å². The average Bonchev–Trinajstić information content (AvgIpc) is 2.92. The van der Waals surface area contributed by atoms with Gasteiger partial charge in [-0.05, 0) is 39.0 Å². The lowest BCUT2D eigenvalue weighted by Crippen LogP contribution is -2.35. The van der Waals surface area contributed by atoms with Crippen molar-refractivity contribution in [3.05, 3.63) is 30.2 Å². The van der Waals surface area contributed by atoms with Crippen molar-refractivity contribution in [2.24, 2.45) is 0 Å². The van der Waals surface area contributed by atoms with Crippen LogP contribution in [0, 0.1) is 0 Å². The highest BCUT2D eigenvalue weighted by atomic mass is 16.5. The number of aromatic nitrogens is 1. The fourth-order valence-electron chi connectivity index (χ4n) is 1.85. The van der Waals surface area contributed by atoms with E-state index in [1.54, 1.807) is 20.5 Å². The molecule has 114 valence electrons. The molecule has 0 saturated heterocycles. The quantitative estimate of drug-likeness (QED) is 0.916. The summed E-state index contributed by atoms with van der Waals surface area (Å²) < 4.78 is 16.1. The Morgan fingerprint density at radius 1 is 1.14 bits per heavy atom. The van der Waals surface area contributed by atoms with Gasteiger partial charge in [-0.25, -0.2) is 4.98 Å². The van der Waals surface area contributed by atoms with Crippen LogP contribution in [0.5, 0.6) is 11.5 Å².